The monoisotopic (exact) mass is 197 g/mol. The molecule has 0 spiro atoms. The highest BCUT2D eigenvalue weighted by molar-refractivity contribution is 5.74. The largest absolute Gasteiger partial charge is 0.338 e. The van der Waals surface area contributed by atoms with E-state index in [0.717, 1.165) is 19.6 Å². The summed E-state index contributed by atoms with van der Waals surface area (Å²) in [6.07, 6.45) is 2.49. The third-order valence-corrected chi connectivity index (χ3v) is 3.46. The van der Waals surface area contributed by atoms with Crippen LogP contribution in [0.15, 0.2) is 0 Å². The van der Waals surface area contributed by atoms with Gasteiger partial charge in [-0.15, -0.1) is 0 Å². The third-order valence-electron chi connectivity index (χ3n) is 3.46. The molecule has 2 bridgehead atoms. The summed E-state index contributed by atoms with van der Waals surface area (Å²) in [5.41, 5.74) is 0. The van der Waals surface area contributed by atoms with E-state index >= 15 is 0 Å². The second kappa shape index (κ2) is 3.77. The highest BCUT2D eigenvalue weighted by Crippen LogP contribution is 2.28. The zero-order chi connectivity index (χ0) is 10.1. The van der Waals surface area contributed by atoms with Gasteiger partial charge in [0, 0.05) is 31.7 Å². The first-order chi connectivity index (χ1) is 6.72. The second-order valence-corrected chi connectivity index (χ2v) is 4.29. The number of piperazine rings is 1. The Labute approximate surface area is 85.2 Å². The molecule has 0 radical (unpaired) electrons. The van der Waals surface area contributed by atoms with Gasteiger partial charge < -0.3 is 10.2 Å². The normalized spacial score (nSPS) is 32.0. The van der Waals surface area contributed by atoms with Crippen LogP contribution in [0.4, 0.5) is 4.79 Å². The average molecular weight is 197 g/mol. The van der Waals surface area contributed by atoms with Gasteiger partial charge in [-0.05, 0) is 26.8 Å². The van der Waals surface area contributed by atoms with Crippen LogP contribution in [0, 0.1) is 0 Å². The maximum absolute atomic E-state index is 11.6. The average Bonchev–Trinajstić information content (AvgIpc) is 2.42. The molecule has 0 unspecified atom stereocenters. The van der Waals surface area contributed by atoms with Crippen LogP contribution in [0.5, 0.6) is 0 Å². The Bertz CT molecular complexity index is 217. The number of nitrogens with one attached hydrogen (secondary N) is 1. The maximum Gasteiger partial charge on any atom is 0.317 e. The summed E-state index contributed by atoms with van der Waals surface area (Å²) in [6, 6.07) is 1.30. The van der Waals surface area contributed by atoms with Gasteiger partial charge in [-0.1, -0.05) is 0 Å². The molecular formula is C10H19N3O. The van der Waals surface area contributed by atoms with Crippen LogP contribution in [0.2, 0.25) is 0 Å². The molecule has 0 aromatic heterocycles. The van der Waals surface area contributed by atoms with Crippen molar-refractivity contribution in [3.63, 3.8) is 0 Å². The van der Waals surface area contributed by atoms with Crippen LogP contribution in [-0.4, -0.2) is 54.6 Å². The second-order valence-electron chi connectivity index (χ2n) is 4.29. The van der Waals surface area contributed by atoms with Gasteiger partial charge in [0.05, 0.1) is 0 Å². The summed E-state index contributed by atoms with van der Waals surface area (Å²) in [5, 5.41) is 2.87. The minimum atomic E-state index is 0.109. The van der Waals surface area contributed by atoms with E-state index in [2.05, 4.69) is 17.3 Å². The molecule has 0 saturated carbocycles. The Kier molecular flexibility index (Phi) is 2.63. The lowest BCUT2D eigenvalue weighted by Gasteiger charge is -2.38. The van der Waals surface area contributed by atoms with Crippen LogP contribution in [0.3, 0.4) is 0 Å². The summed E-state index contributed by atoms with van der Waals surface area (Å²) >= 11 is 0. The molecule has 4 heteroatoms. The molecule has 14 heavy (non-hydrogen) atoms. The zero-order valence-electron chi connectivity index (χ0n) is 8.99. The molecule has 2 fully saturated rings. The molecule has 2 amide bonds. The van der Waals surface area contributed by atoms with E-state index in [1.54, 1.807) is 0 Å². The number of urea groups is 1. The Morgan fingerprint density at radius 2 is 1.93 bits per heavy atom. The van der Waals surface area contributed by atoms with Crippen LogP contribution in [0.1, 0.15) is 19.8 Å². The van der Waals surface area contributed by atoms with Gasteiger partial charge in [-0.25, -0.2) is 4.79 Å². The van der Waals surface area contributed by atoms with Crippen molar-refractivity contribution in [2.24, 2.45) is 0 Å². The summed E-state index contributed by atoms with van der Waals surface area (Å²) in [6.45, 7) is 4.49. The molecule has 1 N–H and O–H groups in total. The van der Waals surface area contributed by atoms with Crippen LogP contribution in [-0.2, 0) is 0 Å². The van der Waals surface area contributed by atoms with E-state index in [1.807, 2.05) is 11.8 Å². The van der Waals surface area contributed by atoms with E-state index in [9.17, 15) is 4.79 Å². The van der Waals surface area contributed by atoms with Crippen molar-refractivity contribution in [1.82, 2.24) is 15.1 Å². The number of likely N-dealkylation sites (N-methyl/N-ethyl adjacent to an activating group) is 1. The highest BCUT2D eigenvalue weighted by atomic mass is 16.2. The molecule has 0 aliphatic carbocycles. The molecule has 2 heterocycles. The number of hydrogen-bond donors (Lipinski definition) is 1. The molecular weight excluding hydrogens is 178 g/mol. The molecule has 0 aromatic carbocycles. The fourth-order valence-electron chi connectivity index (χ4n) is 2.54. The Hall–Kier alpha value is -0.770. The molecule has 80 valence electrons. The van der Waals surface area contributed by atoms with E-state index in [4.69, 9.17) is 0 Å². The lowest BCUT2D eigenvalue weighted by Crippen LogP contribution is -2.55. The number of nitrogens with zero attached hydrogens (tertiary/aromatic N) is 2. The summed E-state index contributed by atoms with van der Waals surface area (Å²) in [5.74, 6) is 0. The minimum absolute atomic E-state index is 0.109. The van der Waals surface area contributed by atoms with Crippen molar-refractivity contribution >= 4 is 6.03 Å². The fourth-order valence-corrected chi connectivity index (χ4v) is 2.54. The number of likely N-dealkylation sites (tertiary alicyclic amines) is 1. The standard InChI is InChI=1S/C10H19N3O/c1-3-11-10(14)13-6-8-4-5-9(7-13)12(8)2/h8-9H,3-7H2,1-2H3,(H,11,14)/t8-,9+. The first-order valence-electron chi connectivity index (χ1n) is 5.47. The van der Waals surface area contributed by atoms with E-state index in [0.29, 0.717) is 12.1 Å². The number of amides is 2. The van der Waals surface area contributed by atoms with Gasteiger partial charge in [-0.2, -0.15) is 0 Å². The number of hydrogen-bond acceptors (Lipinski definition) is 2. The molecule has 2 saturated heterocycles. The maximum atomic E-state index is 11.6. The number of rotatable bonds is 1. The van der Waals surface area contributed by atoms with Gasteiger partial charge in [-0.3, -0.25) is 4.90 Å². The first kappa shape index (κ1) is 9.77. The number of carbonyl (C=O) groups is 1. The van der Waals surface area contributed by atoms with Crippen molar-refractivity contribution in [2.75, 3.05) is 26.7 Å². The van der Waals surface area contributed by atoms with E-state index in [1.165, 1.54) is 12.8 Å². The van der Waals surface area contributed by atoms with Crippen LogP contribution < -0.4 is 5.32 Å². The fraction of sp³-hybridized carbons (Fsp3) is 0.900. The molecule has 2 atom stereocenters. The van der Waals surface area contributed by atoms with Gasteiger partial charge in [0.1, 0.15) is 0 Å². The summed E-state index contributed by atoms with van der Waals surface area (Å²) in [7, 11) is 2.18. The van der Waals surface area contributed by atoms with Crippen molar-refractivity contribution in [2.45, 2.75) is 31.8 Å². The smallest absolute Gasteiger partial charge is 0.317 e. The SMILES string of the molecule is CCNC(=O)N1C[C@H]2CC[C@@H](C1)N2C. The van der Waals surface area contributed by atoms with E-state index < -0.39 is 0 Å². The topological polar surface area (TPSA) is 35.6 Å². The third kappa shape index (κ3) is 1.59. The number of carbonyl (C=O) groups excluding carboxylic acids is 1. The van der Waals surface area contributed by atoms with Crippen molar-refractivity contribution in [1.29, 1.82) is 0 Å². The summed E-state index contributed by atoms with van der Waals surface area (Å²) < 4.78 is 0. The lowest BCUT2D eigenvalue weighted by atomic mass is 10.2. The van der Waals surface area contributed by atoms with Gasteiger partial charge in [0.25, 0.3) is 0 Å². The van der Waals surface area contributed by atoms with Crippen molar-refractivity contribution in [3.05, 3.63) is 0 Å². The molecule has 2 aliphatic rings. The minimum Gasteiger partial charge on any atom is -0.338 e. The Morgan fingerprint density at radius 1 is 1.36 bits per heavy atom. The number of fused-ring (bicyclic) bond motifs is 2. The van der Waals surface area contributed by atoms with E-state index in [-0.39, 0.29) is 6.03 Å². The van der Waals surface area contributed by atoms with Crippen molar-refractivity contribution < 1.29 is 4.79 Å². The highest BCUT2D eigenvalue weighted by Gasteiger charge is 2.38. The molecule has 2 rings (SSSR count). The van der Waals surface area contributed by atoms with Crippen molar-refractivity contribution in [3.8, 4) is 0 Å². The van der Waals surface area contributed by atoms with Crippen LogP contribution in [0.25, 0.3) is 0 Å². The Morgan fingerprint density at radius 3 is 2.43 bits per heavy atom. The Balaban J connectivity index is 1.95. The lowest BCUT2D eigenvalue weighted by molar-refractivity contribution is 0.104. The molecule has 0 aromatic rings. The van der Waals surface area contributed by atoms with Crippen LogP contribution >= 0.6 is 0 Å². The predicted octanol–water partition coefficient (Wildman–Crippen LogP) is 0.494. The zero-order valence-corrected chi connectivity index (χ0v) is 8.99. The van der Waals surface area contributed by atoms with Gasteiger partial charge in [0.2, 0.25) is 0 Å². The summed E-state index contributed by atoms with van der Waals surface area (Å²) in [4.78, 5) is 16.0. The quantitative estimate of drug-likeness (QED) is 0.664. The van der Waals surface area contributed by atoms with Gasteiger partial charge in [0.15, 0.2) is 0 Å². The van der Waals surface area contributed by atoms with Gasteiger partial charge >= 0.3 is 6.03 Å². The predicted molar refractivity (Wildman–Crippen MR) is 55.2 cm³/mol. The molecule has 4 nitrogen and oxygen atoms in total. The molecule has 2 aliphatic heterocycles. The first-order valence-corrected chi connectivity index (χ1v) is 5.47.